The number of aliphatic hydroxyl groups is 1. The molecule has 13 heteroatoms. The molecule has 3 aliphatic rings. The highest BCUT2D eigenvalue weighted by atomic mass is 35.5. The molecular weight excluding hydrogens is 608 g/mol. The van der Waals surface area contributed by atoms with E-state index in [0.717, 1.165) is 56.1 Å². The zero-order valence-corrected chi connectivity index (χ0v) is 27.0. The number of piperazine rings is 1. The molecule has 244 valence electrons. The molecule has 0 radical (unpaired) electrons. The number of β-amino-alcohol motifs (C(OH)–C–C–N with tert-alkyl or cyclic N) is 1. The van der Waals surface area contributed by atoms with E-state index >= 15 is 0 Å². The lowest BCUT2D eigenvalue weighted by molar-refractivity contribution is -0.125. The number of rotatable bonds is 10. The van der Waals surface area contributed by atoms with Crippen LogP contribution in [0.2, 0.25) is 5.02 Å². The van der Waals surface area contributed by atoms with E-state index in [1.165, 1.54) is 0 Å². The average Bonchev–Trinajstić information content (AvgIpc) is 3.41. The number of pyridine rings is 1. The first-order valence-electron chi connectivity index (χ1n) is 16.0. The van der Waals surface area contributed by atoms with Crippen molar-refractivity contribution in [3.63, 3.8) is 0 Å². The summed E-state index contributed by atoms with van der Waals surface area (Å²) in [6.45, 7) is 9.61. The molecule has 0 saturated carbocycles. The predicted molar refractivity (Wildman–Crippen MR) is 176 cm³/mol. The summed E-state index contributed by atoms with van der Waals surface area (Å²) in [5.41, 5.74) is 3.39. The number of halogens is 1. The number of hydrogen-bond acceptors (Lipinski definition) is 10. The molecule has 2 aromatic heterocycles. The van der Waals surface area contributed by atoms with E-state index in [0.29, 0.717) is 54.1 Å². The second kappa shape index (κ2) is 14.3. The number of nitrogens with one attached hydrogen (secondary N) is 2. The third-order valence-corrected chi connectivity index (χ3v) is 9.31. The molecule has 2 saturated heterocycles. The molecular formula is C33H41ClN8O4. The predicted octanol–water partition coefficient (Wildman–Crippen LogP) is 3.12. The summed E-state index contributed by atoms with van der Waals surface area (Å²) in [5.74, 6) is 0.895. The summed E-state index contributed by atoms with van der Waals surface area (Å²) < 4.78 is 5.44. The molecule has 0 aliphatic carbocycles. The van der Waals surface area contributed by atoms with Crippen molar-refractivity contribution in [1.29, 1.82) is 0 Å². The number of aliphatic hydroxyl groups excluding tert-OH is 1. The summed E-state index contributed by atoms with van der Waals surface area (Å²) in [7, 11) is 0. The van der Waals surface area contributed by atoms with Crippen molar-refractivity contribution >= 4 is 35.2 Å². The van der Waals surface area contributed by atoms with Gasteiger partial charge < -0.3 is 30.3 Å². The number of fused-ring (bicyclic) bond motifs is 1. The number of carbonyl (C=O) groups excluding carboxylic acids is 2. The van der Waals surface area contributed by atoms with Crippen molar-refractivity contribution in [3.05, 3.63) is 64.4 Å². The smallest absolute Gasteiger partial charge is 0.255 e. The number of benzene rings is 1. The highest BCUT2D eigenvalue weighted by Crippen LogP contribution is 2.32. The van der Waals surface area contributed by atoms with Gasteiger partial charge in [-0.05, 0) is 50.5 Å². The Hall–Kier alpha value is -3.84. The zero-order valence-electron chi connectivity index (χ0n) is 26.3. The number of hydrogen-bond donors (Lipinski definition) is 3. The van der Waals surface area contributed by atoms with Crippen molar-refractivity contribution in [1.82, 2.24) is 30.1 Å². The highest BCUT2D eigenvalue weighted by Gasteiger charge is 2.35. The van der Waals surface area contributed by atoms with Gasteiger partial charge in [0.2, 0.25) is 11.9 Å². The van der Waals surface area contributed by atoms with E-state index in [1.54, 1.807) is 24.1 Å². The summed E-state index contributed by atoms with van der Waals surface area (Å²) >= 11 is 6.51. The topological polar surface area (TPSA) is 136 Å². The normalized spacial score (nSPS) is 18.7. The average molecular weight is 649 g/mol. The molecule has 5 heterocycles. The summed E-state index contributed by atoms with van der Waals surface area (Å²) in [6, 6.07) is 10.6. The first-order valence-corrected chi connectivity index (χ1v) is 16.3. The lowest BCUT2D eigenvalue weighted by atomic mass is 10.0. The molecule has 2 atom stereocenters. The Bertz CT molecular complexity index is 1560. The summed E-state index contributed by atoms with van der Waals surface area (Å²) in [4.78, 5) is 46.9. The minimum absolute atomic E-state index is 0.160. The Morgan fingerprint density at radius 1 is 1.11 bits per heavy atom. The van der Waals surface area contributed by atoms with Crippen LogP contribution in [0.15, 0.2) is 42.6 Å². The van der Waals surface area contributed by atoms with Gasteiger partial charge in [-0.25, -0.2) is 15.0 Å². The maximum atomic E-state index is 13.6. The van der Waals surface area contributed by atoms with E-state index in [1.807, 2.05) is 37.3 Å². The van der Waals surface area contributed by atoms with Gasteiger partial charge in [-0.2, -0.15) is 0 Å². The molecule has 2 amide bonds. The van der Waals surface area contributed by atoms with Gasteiger partial charge in [-0.3, -0.25) is 14.5 Å². The Morgan fingerprint density at radius 3 is 2.65 bits per heavy atom. The Balaban J connectivity index is 1.09. The SMILES string of the molecule is CC(NC(=O)C(C)N1Cc2ccc(-c3nc(NC4CCOCC4)ncc3Cl)cc2C1=O)c1cccc(N2CCN(CCO)CC2)n1. The molecule has 2 fully saturated rings. The second-order valence-electron chi connectivity index (χ2n) is 12.1. The van der Waals surface area contributed by atoms with E-state index in [9.17, 15) is 14.7 Å². The minimum atomic E-state index is -0.688. The van der Waals surface area contributed by atoms with Gasteiger partial charge >= 0.3 is 0 Å². The van der Waals surface area contributed by atoms with Crippen LogP contribution in [0, 0.1) is 0 Å². The van der Waals surface area contributed by atoms with Gasteiger partial charge in [-0.1, -0.05) is 29.8 Å². The highest BCUT2D eigenvalue weighted by molar-refractivity contribution is 6.33. The van der Waals surface area contributed by atoms with E-state index in [-0.39, 0.29) is 30.5 Å². The van der Waals surface area contributed by atoms with E-state index in [4.69, 9.17) is 21.3 Å². The van der Waals surface area contributed by atoms with Crippen LogP contribution in [0.5, 0.6) is 0 Å². The van der Waals surface area contributed by atoms with Crippen LogP contribution < -0.4 is 15.5 Å². The summed E-state index contributed by atoms with van der Waals surface area (Å²) in [6.07, 6.45) is 3.33. The van der Waals surface area contributed by atoms with Crippen molar-refractivity contribution in [2.75, 3.05) is 62.8 Å². The number of carbonyl (C=O) groups is 2. The molecule has 0 spiro atoms. The maximum Gasteiger partial charge on any atom is 0.255 e. The quantitative estimate of drug-likeness (QED) is 0.301. The standard InChI is InChI=1S/C33H41ClN8O4/c1-21(28-4-3-5-29(38-28)41-12-10-40(11-13-41)14-15-43)36-31(44)22(2)42-20-24-7-6-23(18-26(24)32(42)45)30-27(34)19-35-33(39-30)37-25-8-16-46-17-9-25/h3-7,18-19,21-22,25,43H,8-17,20H2,1-2H3,(H,36,44)(H,35,37,39). The van der Waals surface area contributed by atoms with Crippen molar-refractivity contribution in [2.24, 2.45) is 0 Å². The van der Waals surface area contributed by atoms with Gasteiger partial charge in [0.05, 0.1) is 35.3 Å². The van der Waals surface area contributed by atoms with Gasteiger partial charge in [0.25, 0.3) is 5.91 Å². The van der Waals surface area contributed by atoms with E-state index in [2.05, 4.69) is 30.4 Å². The fraction of sp³-hybridized carbons (Fsp3) is 0.485. The van der Waals surface area contributed by atoms with Crippen LogP contribution in [0.3, 0.4) is 0 Å². The first-order chi connectivity index (χ1) is 22.3. The molecule has 2 unspecified atom stereocenters. The first kappa shape index (κ1) is 32.1. The Kier molecular flexibility index (Phi) is 9.98. The monoisotopic (exact) mass is 648 g/mol. The van der Waals surface area contributed by atoms with Crippen molar-refractivity contribution in [3.8, 4) is 11.3 Å². The van der Waals surface area contributed by atoms with Crippen molar-refractivity contribution in [2.45, 2.75) is 51.4 Å². The number of anilines is 2. The molecule has 0 bridgehead atoms. The van der Waals surface area contributed by atoms with Crippen LogP contribution in [0.4, 0.5) is 11.8 Å². The lowest BCUT2D eigenvalue weighted by Gasteiger charge is -2.35. The summed E-state index contributed by atoms with van der Waals surface area (Å²) in [5, 5.41) is 16.0. The molecule has 6 rings (SSSR count). The van der Waals surface area contributed by atoms with Gasteiger partial charge in [0, 0.05) is 69.7 Å². The zero-order chi connectivity index (χ0) is 32.2. The molecule has 3 aromatic rings. The fourth-order valence-corrected chi connectivity index (χ4v) is 6.40. The molecule has 1 aromatic carbocycles. The van der Waals surface area contributed by atoms with Gasteiger partial charge in [0.1, 0.15) is 11.9 Å². The Labute approximate surface area is 274 Å². The van der Waals surface area contributed by atoms with Crippen LogP contribution in [-0.2, 0) is 16.1 Å². The largest absolute Gasteiger partial charge is 0.395 e. The number of amides is 2. The fourth-order valence-electron chi connectivity index (χ4n) is 6.20. The number of nitrogens with zero attached hydrogens (tertiary/aromatic N) is 6. The second-order valence-corrected chi connectivity index (χ2v) is 12.5. The third-order valence-electron chi connectivity index (χ3n) is 9.03. The lowest BCUT2D eigenvalue weighted by Crippen LogP contribution is -2.47. The Morgan fingerprint density at radius 2 is 1.89 bits per heavy atom. The van der Waals surface area contributed by atoms with E-state index < -0.39 is 6.04 Å². The minimum Gasteiger partial charge on any atom is -0.395 e. The number of aromatic nitrogens is 3. The van der Waals surface area contributed by atoms with Crippen LogP contribution in [-0.4, -0.2) is 106 Å². The maximum absolute atomic E-state index is 13.6. The van der Waals surface area contributed by atoms with Crippen LogP contribution >= 0.6 is 11.6 Å². The molecule has 12 nitrogen and oxygen atoms in total. The number of ether oxygens (including phenoxy) is 1. The molecule has 46 heavy (non-hydrogen) atoms. The van der Waals surface area contributed by atoms with Crippen LogP contribution in [0.1, 0.15) is 54.3 Å². The van der Waals surface area contributed by atoms with Gasteiger partial charge in [-0.15, -0.1) is 0 Å². The van der Waals surface area contributed by atoms with Gasteiger partial charge in [0.15, 0.2) is 0 Å². The van der Waals surface area contributed by atoms with Crippen molar-refractivity contribution < 1.29 is 19.4 Å². The third kappa shape index (κ3) is 7.10. The molecule has 3 N–H and O–H groups in total. The molecule has 3 aliphatic heterocycles. The van der Waals surface area contributed by atoms with Crippen LogP contribution in [0.25, 0.3) is 11.3 Å².